The number of benzene rings is 1. The zero-order chi connectivity index (χ0) is 12.3. The minimum Gasteiger partial charge on any atom is -0.494 e. The van der Waals surface area contributed by atoms with Crippen LogP contribution in [0.1, 0.15) is 38.2 Å². The molecular formula is C14H21NO2. The smallest absolute Gasteiger partial charge is 0.119 e. The molecule has 1 fully saturated rings. The summed E-state index contributed by atoms with van der Waals surface area (Å²) in [6.07, 6.45) is 3.25. The molecule has 1 saturated carbocycles. The summed E-state index contributed by atoms with van der Waals surface area (Å²) in [6.45, 7) is 2.60. The maximum atomic E-state index is 10.6. The van der Waals surface area contributed by atoms with Gasteiger partial charge in [0.05, 0.1) is 12.2 Å². The van der Waals surface area contributed by atoms with Gasteiger partial charge in [0.15, 0.2) is 0 Å². The molecule has 0 aromatic heterocycles. The standard InChI is InChI=1S/C14H21NO2/c1-2-17-13-5-3-4-11(10-13)14(16)8-6-12(15)7-9-14/h3-5,10,12,16H,2,6-9,15H2,1H3. The van der Waals surface area contributed by atoms with Crippen LogP contribution in [0.15, 0.2) is 24.3 Å². The number of ether oxygens (including phenoxy) is 1. The first kappa shape index (κ1) is 12.4. The topological polar surface area (TPSA) is 55.5 Å². The van der Waals surface area contributed by atoms with Gasteiger partial charge < -0.3 is 15.6 Å². The summed E-state index contributed by atoms with van der Waals surface area (Å²) in [6, 6.07) is 8.02. The van der Waals surface area contributed by atoms with Gasteiger partial charge in [-0.05, 0) is 50.3 Å². The number of aliphatic hydroxyl groups is 1. The molecule has 1 aromatic rings. The van der Waals surface area contributed by atoms with E-state index in [4.69, 9.17) is 10.5 Å². The second-order valence-electron chi connectivity index (χ2n) is 4.83. The Morgan fingerprint density at radius 1 is 1.41 bits per heavy atom. The molecule has 94 valence electrons. The zero-order valence-electron chi connectivity index (χ0n) is 10.4. The Labute approximate surface area is 103 Å². The lowest BCUT2D eigenvalue weighted by Gasteiger charge is -2.35. The quantitative estimate of drug-likeness (QED) is 0.844. The van der Waals surface area contributed by atoms with E-state index in [1.54, 1.807) is 0 Å². The van der Waals surface area contributed by atoms with E-state index in [1.165, 1.54) is 0 Å². The zero-order valence-corrected chi connectivity index (χ0v) is 10.4. The summed E-state index contributed by atoms with van der Waals surface area (Å²) in [5.74, 6) is 0.827. The lowest BCUT2D eigenvalue weighted by atomic mass is 9.78. The van der Waals surface area contributed by atoms with E-state index in [0.29, 0.717) is 6.61 Å². The normalized spacial score (nSPS) is 29.0. The predicted octanol–water partition coefficient (Wildman–Crippen LogP) is 2.17. The first-order chi connectivity index (χ1) is 8.14. The van der Waals surface area contributed by atoms with E-state index < -0.39 is 5.60 Å². The van der Waals surface area contributed by atoms with E-state index in [-0.39, 0.29) is 6.04 Å². The molecule has 0 atom stereocenters. The Morgan fingerprint density at radius 2 is 2.12 bits per heavy atom. The van der Waals surface area contributed by atoms with Crippen molar-refractivity contribution in [2.45, 2.75) is 44.2 Å². The maximum absolute atomic E-state index is 10.6. The third kappa shape index (κ3) is 2.79. The van der Waals surface area contributed by atoms with Crippen LogP contribution in [-0.4, -0.2) is 17.8 Å². The highest BCUT2D eigenvalue weighted by atomic mass is 16.5. The van der Waals surface area contributed by atoms with E-state index >= 15 is 0 Å². The maximum Gasteiger partial charge on any atom is 0.119 e. The molecule has 3 N–H and O–H groups in total. The molecule has 0 bridgehead atoms. The second kappa shape index (κ2) is 5.07. The van der Waals surface area contributed by atoms with Crippen LogP contribution in [0, 0.1) is 0 Å². The Kier molecular flexibility index (Phi) is 3.69. The summed E-state index contributed by atoms with van der Waals surface area (Å²) in [7, 11) is 0. The average molecular weight is 235 g/mol. The highest BCUT2D eigenvalue weighted by Crippen LogP contribution is 2.37. The van der Waals surface area contributed by atoms with Crippen LogP contribution in [0.3, 0.4) is 0 Å². The molecule has 0 radical (unpaired) electrons. The summed E-state index contributed by atoms with van der Waals surface area (Å²) < 4.78 is 5.47. The highest BCUT2D eigenvalue weighted by Gasteiger charge is 2.33. The lowest BCUT2D eigenvalue weighted by molar-refractivity contribution is -0.00514. The van der Waals surface area contributed by atoms with Crippen LogP contribution in [0.5, 0.6) is 5.75 Å². The number of rotatable bonds is 3. The second-order valence-corrected chi connectivity index (χ2v) is 4.83. The van der Waals surface area contributed by atoms with E-state index in [0.717, 1.165) is 37.0 Å². The molecule has 0 heterocycles. The van der Waals surface area contributed by atoms with Gasteiger partial charge >= 0.3 is 0 Å². The molecule has 0 amide bonds. The fourth-order valence-corrected chi connectivity index (χ4v) is 2.45. The van der Waals surface area contributed by atoms with Gasteiger partial charge in [-0.3, -0.25) is 0 Å². The van der Waals surface area contributed by atoms with E-state index in [9.17, 15) is 5.11 Å². The van der Waals surface area contributed by atoms with Crippen LogP contribution in [0.4, 0.5) is 0 Å². The largest absolute Gasteiger partial charge is 0.494 e. The Hall–Kier alpha value is -1.06. The highest BCUT2D eigenvalue weighted by molar-refractivity contribution is 5.32. The van der Waals surface area contributed by atoms with Crippen molar-refractivity contribution in [3.8, 4) is 5.75 Å². The van der Waals surface area contributed by atoms with Gasteiger partial charge in [0.2, 0.25) is 0 Å². The van der Waals surface area contributed by atoms with Crippen LogP contribution in [0.2, 0.25) is 0 Å². The average Bonchev–Trinajstić information content (AvgIpc) is 2.34. The van der Waals surface area contributed by atoms with Gasteiger partial charge in [-0.15, -0.1) is 0 Å². The van der Waals surface area contributed by atoms with Crippen molar-refractivity contribution >= 4 is 0 Å². The van der Waals surface area contributed by atoms with Crippen molar-refractivity contribution < 1.29 is 9.84 Å². The molecule has 1 aliphatic rings. The predicted molar refractivity (Wildman–Crippen MR) is 68.0 cm³/mol. The summed E-state index contributed by atoms with van der Waals surface area (Å²) in [4.78, 5) is 0. The molecule has 17 heavy (non-hydrogen) atoms. The van der Waals surface area contributed by atoms with Gasteiger partial charge in [0, 0.05) is 6.04 Å². The van der Waals surface area contributed by atoms with Crippen LogP contribution in [0.25, 0.3) is 0 Å². The number of hydrogen-bond donors (Lipinski definition) is 2. The van der Waals surface area contributed by atoms with Crippen LogP contribution < -0.4 is 10.5 Å². The van der Waals surface area contributed by atoms with Gasteiger partial charge in [-0.1, -0.05) is 12.1 Å². The molecule has 2 rings (SSSR count). The van der Waals surface area contributed by atoms with Crippen LogP contribution in [-0.2, 0) is 5.60 Å². The Morgan fingerprint density at radius 3 is 2.76 bits per heavy atom. The van der Waals surface area contributed by atoms with Gasteiger partial charge in [0.1, 0.15) is 5.75 Å². The molecule has 0 unspecified atom stereocenters. The molecule has 3 nitrogen and oxygen atoms in total. The van der Waals surface area contributed by atoms with Crippen molar-refractivity contribution in [1.29, 1.82) is 0 Å². The van der Waals surface area contributed by atoms with Gasteiger partial charge in [0.25, 0.3) is 0 Å². The summed E-state index contributed by atoms with van der Waals surface area (Å²) in [5, 5.41) is 10.6. The molecule has 3 heteroatoms. The van der Waals surface area contributed by atoms with E-state index in [2.05, 4.69) is 0 Å². The lowest BCUT2D eigenvalue weighted by Crippen LogP contribution is -2.36. The van der Waals surface area contributed by atoms with Crippen molar-refractivity contribution in [3.63, 3.8) is 0 Å². The molecule has 0 aliphatic heterocycles. The summed E-state index contributed by atoms with van der Waals surface area (Å²) in [5.41, 5.74) is 6.11. The Bertz CT molecular complexity index is 370. The molecule has 1 aromatic carbocycles. The Balaban J connectivity index is 2.17. The minimum atomic E-state index is -0.719. The molecule has 1 aliphatic carbocycles. The molecule has 0 saturated heterocycles. The minimum absolute atomic E-state index is 0.241. The fraction of sp³-hybridized carbons (Fsp3) is 0.571. The first-order valence-electron chi connectivity index (χ1n) is 6.35. The fourth-order valence-electron chi connectivity index (χ4n) is 2.45. The summed E-state index contributed by atoms with van der Waals surface area (Å²) >= 11 is 0. The van der Waals surface area contributed by atoms with Crippen molar-refractivity contribution in [1.82, 2.24) is 0 Å². The SMILES string of the molecule is CCOc1cccc(C2(O)CCC(N)CC2)c1. The van der Waals surface area contributed by atoms with Crippen molar-refractivity contribution in [2.75, 3.05) is 6.61 Å². The molecule has 0 spiro atoms. The third-order valence-corrected chi connectivity index (χ3v) is 3.54. The van der Waals surface area contributed by atoms with Crippen molar-refractivity contribution in [2.24, 2.45) is 5.73 Å². The van der Waals surface area contributed by atoms with Crippen LogP contribution >= 0.6 is 0 Å². The number of nitrogens with two attached hydrogens (primary N) is 1. The van der Waals surface area contributed by atoms with E-state index in [1.807, 2.05) is 31.2 Å². The number of hydrogen-bond acceptors (Lipinski definition) is 3. The molecular weight excluding hydrogens is 214 g/mol. The van der Waals surface area contributed by atoms with Gasteiger partial charge in [-0.25, -0.2) is 0 Å². The van der Waals surface area contributed by atoms with Gasteiger partial charge in [-0.2, -0.15) is 0 Å². The third-order valence-electron chi connectivity index (χ3n) is 3.54. The monoisotopic (exact) mass is 235 g/mol. The first-order valence-corrected chi connectivity index (χ1v) is 6.35. The van der Waals surface area contributed by atoms with Crippen molar-refractivity contribution in [3.05, 3.63) is 29.8 Å².